The Morgan fingerprint density at radius 3 is 3.05 bits per heavy atom. The minimum absolute atomic E-state index is 0.171. The molecule has 1 fully saturated rings. The van der Waals surface area contributed by atoms with E-state index in [1.807, 2.05) is 0 Å². The van der Waals surface area contributed by atoms with Crippen molar-refractivity contribution in [2.45, 2.75) is 30.3 Å². The summed E-state index contributed by atoms with van der Waals surface area (Å²) in [6.45, 7) is 1.16. The van der Waals surface area contributed by atoms with Crippen LogP contribution in [-0.2, 0) is 14.8 Å². The quantitative estimate of drug-likeness (QED) is 0.814. The van der Waals surface area contributed by atoms with Crippen molar-refractivity contribution in [3.8, 4) is 0 Å². The maximum Gasteiger partial charge on any atom is 0.244 e. The van der Waals surface area contributed by atoms with Crippen molar-refractivity contribution in [3.05, 3.63) is 18.5 Å². The molecule has 0 aliphatic carbocycles. The molecule has 19 heavy (non-hydrogen) atoms. The summed E-state index contributed by atoms with van der Waals surface area (Å²) >= 11 is 0. The van der Waals surface area contributed by atoms with E-state index in [-0.39, 0.29) is 11.0 Å². The lowest BCUT2D eigenvalue weighted by Crippen LogP contribution is -2.28. The molecular formula is C12H19N3O3S. The molecule has 0 radical (unpaired) electrons. The third-order valence-electron chi connectivity index (χ3n) is 3.13. The van der Waals surface area contributed by atoms with Crippen molar-refractivity contribution >= 4 is 15.7 Å². The molecule has 0 bridgehead atoms. The van der Waals surface area contributed by atoms with E-state index in [4.69, 9.17) is 4.74 Å². The van der Waals surface area contributed by atoms with Crippen molar-refractivity contribution < 1.29 is 13.2 Å². The molecule has 0 spiro atoms. The standard InChI is InChI=1S/C12H19N3O3S/c1-13-11-5-6-14-9-12(11)19(16,17)15-7-4-10-3-2-8-18-10/h5-6,9-10,15H,2-4,7-8H2,1H3,(H,13,14). The zero-order valence-electron chi connectivity index (χ0n) is 10.9. The molecular weight excluding hydrogens is 266 g/mol. The number of aromatic nitrogens is 1. The molecule has 0 amide bonds. The van der Waals surface area contributed by atoms with Crippen molar-refractivity contribution in [1.29, 1.82) is 0 Å². The van der Waals surface area contributed by atoms with E-state index in [1.165, 1.54) is 6.20 Å². The first-order valence-electron chi connectivity index (χ1n) is 6.36. The second-order valence-corrected chi connectivity index (χ2v) is 6.18. The van der Waals surface area contributed by atoms with Gasteiger partial charge in [-0.05, 0) is 25.3 Å². The fourth-order valence-corrected chi connectivity index (χ4v) is 3.31. The second kappa shape index (κ2) is 6.31. The van der Waals surface area contributed by atoms with Crippen LogP contribution in [0.4, 0.5) is 5.69 Å². The van der Waals surface area contributed by atoms with Gasteiger partial charge in [0.15, 0.2) is 0 Å². The van der Waals surface area contributed by atoms with E-state index in [0.717, 1.165) is 19.4 Å². The highest BCUT2D eigenvalue weighted by atomic mass is 32.2. The van der Waals surface area contributed by atoms with Crippen LogP contribution < -0.4 is 10.0 Å². The summed E-state index contributed by atoms with van der Waals surface area (Å²) < 4.78 is 32.4. The number of sulfonamides is 1. The predicted molar refractivity (Wildman–Crippen MR) is 72.6 cm³/mol. The average Bonchev–Trinajstić information content (AvgIpc) is 2.91. The summed E-state index contributed by atoms with van der Waals surface area (Å²) in [5.74, 6) is 0. The van der Waals surface area contributed by atoms with Gasteiger partial charge >= 0.3 is 0 Å². The third kappa shape index (κ3) is 3.65. The first-order valence-corrected chi connectivity index (χ1v) is 7.85. The SMILES string of the molecule is CNc1ccncc1S(=O)(=O)NCCC1CCCO1. The first kappa shape index (κ1) is 14.2. The van der Waals surface area contributed by atoms with Gasteiger partial charge in [0.1, 0.15) is 4.90 Å². The Labute approximate surface area is 113 Å². The number of hydrogen-bond acceptors (Lipinski definition) is 5. The molecule has 1 aliphatic rings. The van der Waals surface area contributed by atoms with Crippen molar-refractivity contribution in [2.75, 3.05) is 25.5 Å². The molecule has 2 heterocycles. The minimum atomic E-state index is -3.53. The number of nitrogens with zero attached hydrogens (tertiary/aromatic N) is 1. The summed E-state index contributed by atoms with van der Waals surface area (Å²) in [5, 5.41) is 2.85. The van der Waals surface area contributed by atoms with Crippen LogP contribution in [0, 0.1) is 0 Å². The molecule has 1 aromatic heterocycles. The van der Waals surface area contributed by atoms with Gasteiger partial charge in [-0.3, -0.25) is 4.98 Å². The number of pyridine rings is 1. The number of anilines is 1. The van der Waals surface area contributed by atoms with Crippen LogP contribution in [-0.4, -0.2) is 39.7 Å². The zero-order valence-corrected chi connectivity index (χ0v) is 11.7. The van der Waals surface area contributed by atoms with Gasteiger partial charge in [0, 0.05) is 32.6 Å². The van der Waals surface area contributed by atoms with Crippen LogP contribution in [0.5, 0.6) is 0 Å². The van der Waals surface area contributed by atoms with Gasteiger partial charge in [-0.25, -0.2) is 13.1 Å². The molecule has 1 saturated heterocycles. The van der Waals surface area contributed by atoms with E-state index in [1.54, 1.807) is 19.3 Å². The van der Waals surface area contributed by atoms with Gasteiger partial charge in [0.05, 0.1) is 11.8 Å². The molecule has 0 aromatic carbocycles. The summed E-state index contributed by atoms with van der Waals surface area (Å²) in [4.78, 5) is 4.03. The van der Waals surface area contributed by atoms with Gasteiger partial charge in [-0.1, -0.05) is 0 Å². The number of ether oxygens (including phenoxy) is 1. The van der Waals surface area contributed by atoms with E-state index in [9.17, 15) is 8.42 Å². The Hall–Kier alpha value is -1.18. The Bertz CT molecular complexity index is 513. The van der Waals surface area contributed by atoms with E-state index in [0.29, 0.717) is 18.7 Å². The normalized spacial score (nSPS) is 19.5. The van der Waals surface area contributed by atoms with Crippen LogP contribution >= 0.6 is 0 Å². The second-order valence-electron chi connectivity index (χ2n) is 4.44. The summed E-state index contributed by atoms with van der Waals surface area (Å²) in [7, 11) is -1.84. The molecule has 1 aliphatic heterocycles. The highest BCUT2D eigenvalue weighted by Crippen LogP contribution is 2.19. The van der Waals surface area contributed by atoms with Crippen LogP contribution in [0.15, 0.2) is 23.4 Å². The largest absolute Gasteiger partial charge is 0.387 e. The zero-order chi connectivity index (χ0) is 13.7. The van der Waals surface area contributed by atoms with Gasteiger partial charge in [0.25, 0.3) is 0 Å². The van der Waals surface area contributed by atoms with Crippen LogP contribution in [0.3, 0.4) is 0 Å². The maximum absolute atomic E-state index is 12.2. The minimum Gasteiger partial charge on any atom is -0.387 e. The lowest BCUT2D eigenvalue weighted by Gasteiger charge is -2.12. The lowest BCUT2D eigenvalue weighted by atomic mass is 10.2. The van der Waals surface area contributed by atoms with E-state index >= 15 is 0 Å². The first-order chi connectivity index (χ1) is 9.13. The number of rotatable bonds is 6. The molecule has 2 rings (SSSR count). The Balaban J connectivity index is 1.97. The molecule has 0 saturated carbocycles. The van der Waals surface area contributed by atoms with Crippen LogP contribution in [0.25, 0.3) is 0 Å². The third-order valence-corrected chi connectivity index (χ3v) is 4.61. The maximum atomic E-state index is 12.2. The Morgan fingerprint density at radius 1 is 1.53 bits per heavy atom. The predicted octanol–water partition coefficient (Wildman–Crippen LogP) is 0.971. The molecule has 1 unspecified atom stereocenters. The molecule has 1 aromatic rings. The molecule has 6 nitrogen and oxygen atoms in total. The van der Waals surface area contributed by atoms with Gasteiger partial charge in [0.2, 0.25) is 10.0 Å². The van der Waals surface area contributed by atoms with E-state index < -0.39 is 10.0 Å². The smallest absolute Gasteiger partial charge is 0.244 e. The van der Waals surface area contributed by atoms with Gasteiger partial charge in [-0.15, -0.1) is 0 Å². The van der Waals surface area contributed by atoms with Crippen molar-refractivity contribution in [1.82, 2.24) is 9.71 Å². The Kier molecular flexibility index (Phi) is 4.73. The van der Waals surface area contributed by atoms with Crippen LogP contribution in [0.1, 0.15) is 19.3 Å². The summed E-state index contributed by atoms with van der Waals surface area (Å²) in [5.41, 5.74) is 0.541. The van der Waals surface area contributed by atoms with Gasteiger partial charge in [-0.2, -0.15) is 0 Å². The molecule has 1 atom stereocenters. The Morgan fingerprint density at radius 2 is 2.37 bits per heavy atom. The highest BCUT2D eigenvalue weighted by molar-refractivity contribution is 7.89. The van der Waals surface area contributed by atoms with Crippen LogP contribution in [0.2, 0.25) is 0 Å². The topological polar surface area (TPSA) is 80.3 Å². The van der Waals surface area contributed by atoms with Gasteiger partial charge < -0.3 is 10.1 Å². The van der Waals surface area contributed by atoms with E-state index in [2.05, 4.69) is 15.0 Å². The monoisotopic (exact) mass is 285 g/mol. The molecule has 106 valence electrons. The number of hydrogen-bond donors (Lipinski definition) is 2. The number of nitrogens with one attached hydrogen (secondary N) is 2. The summed E-state index contributed by atoms with van der Waals surface area (Å²) in [6.07, 6.45) is 5.85. The highest BCUT2D eigenvalue weighted by Gasteiger charge is 2.20. The summed E-state index contributed by atoms with van der Waals surface area (Å²) in [6, 6.07) is 1.63. The average molecular weight is 285 g/mol. The fourth-order valence-electron chi connectivity index (χ4n) is 2.10. The molecule has 7 heteroatoms. The lowest BCUT2D eigenvalue weighted by molar-refractivity contribution is 0.105. The van der Waals surface area contributed by atoms with Crippen molar-refractivity contribution in [2.24, 2.45) is 0 Å². The fraction of sp³-hybridized carbons (Fsp3) is 0.583. The van der Waals surface area contributed by atoms with Crippen molar-refractivity contribution in [3.63, 3.8) is 0 Å². The molecule has 2 N–H and O–H groups in total.